The van der Waals surface area contributed by atoms with Crippen LogP contribution in [0.3, 0.4) is 0 Å². The van der Waals surface area contributed by atoms with Crippen molar-refractivity contribution >= 4 is 17.9 Å². The van der Waals surface area contributed by atoms with Crippen LogP contribution in [-0.2, 0) is 4.79 Å². The summed E-state index contributed by atoms with van der Waals surface area (Å²) in [6.45, 7) is 6.67. The van der Waals surface area contributed by atoms with E-state index in [2.05, 4.69) is 45.1 Å². The van der Waals surface area contributed by atoms with Gasteiger partial charge < -0.3 is 16.0 Å². The first-order chi connectivity index (χ1) is 14.9. The Morgan fingerprint density at radius 3 is 2.77 bits per heavy atom. The maximum Gasteiger partial charge on any atom is 0.325 e. The third-order valence-electron chi connectivity index (χ3n) is 5.62. The molecule has 2 aromatic rings. The van der Waals surface area contributed by atoms with Gasteiger partial charge >= 0.3 is 6.03 Å². The summed E-state index contributed by atoms with van der Waals surface area (Å²) < 4.78 is 1.82. The third kappa shape index (κ3) is 5.04. The summed E-state index contributed by atoms with van der Waals surface area (Å²) in [5.41, 5.74) is 1.31. The minimum Gasteiger partial charge on any atom is -0.356 e. The van der Waals surface area contributed by atoms with Gasteiger partial charge in [-0.1, -0.05) is 19.1 Å². The first-order valence-corrected chi connectivity index (χ1v) is 10.6. The van der Waals surface area contributed by atoms with Crippen molar-refractivity contribution in [3.05, 3.63) is 48.3 Å². The second-order valence-electron chi connectivity index (χ2n) is 7.84. The van der Waals surface area contributed by atoms with Crippen molar-refractivity contribution in [3.8, 4) is 5.69 Å². The maximum absolute atomic E-state index is 12.4. The number of urea groups is 1. The normalized spacial score (nSPS) is 20.0. The Bertz CT molecular complexity index is 941. The molecular weight excluding hydrogens is 394 g/mol. The van der Waals surface area contributed by atoms with Gasteiger partial charge in [-0.25, -0.2) is 9.48 Å². The van der Waals surface area contributed by atoms with Gasteiger partial charge in [0.15, 0.2) is 5.96 Å². The first kappa shape index (κ1) is 22.3. The van der Waals surface area contributed by atoms with Gasteiger partial charge in [0.2, 0.25) is 0 Å². The Balaban J connectivity index is 1.49. The number of aliphatic imine (C=N–C) groups is 1. The number of benzene rings is 1. The lowest BCUT2D eigenvalue weighted by Gasteiger charge is -2.20. The van der Waals surface area contributed by atoms with E-state index in [0.717, 1.165) is 11.3 Å². The van der Waals surface area contributed by atoms with Gasteiger partial charge in [-0.2, -0.15) is 5.10 Å². The molecule has 3 amide bonds. The van der Waals surface area contributed by atoms with Crippen LogP contribution in [0.1, 0.15) is 45.2 Å². The van der Waals surface area contributed by atoms with Gasteiger partial charge in [0.25, 0.3) is 5.91 Å². The molecule has 0 aliphatic carbocycles. The number of hydrogen-bond donors (Lipinski definition) is 3. The lowest BCUT2D eigenvalue weighted by Crippen LogP contribution is -2.43. The number of rotatable bonds is 8. The molecular formula is C22H31N7O2. The number of nitrogens with one attached hydrogen (secondary N) is 3. The van der Waals surface area contributed by atoms with Crippen LogP contribution in [-0.4, -0.2) is 58.3 Å². The lowest BCUT2D eigenvalue weighted by molar-refractivity contribution is -0.130. The van der Waals surface area contributed by atoms with Crippen LogP contribution in [0.5, 0.6) is 0 Å². The topological polar surface area (TPSA) is 104 Å². The third-order valence-corrected chi connectivity index (χ3v) is 5.62. The number of nitrogens with zero attached hydrogens (tertiary/aromatic N) is 4. The van der Waals surface area contributed by atoms with Gasteiger partial charge in [-0.05, 0) is 50.5 Å². The molecule has 2 atom stereocenters. The Hall–Kier alpha value is -3.36. The first-order valence-electron chi connectivity index (χ1n) is 10.6. The summed E-state index contributed by atoms with van der Waals surface area (Å²) in [6, 6.07) is 9.75. The zero-order valence-corrected chi connectivity index (χ0v) is 18.6. The van der Waals surface area contributed by atoms with E-state index in [1.807, 2.05) is 36.0 Å². The number of guanidine groups is 1. The molecule has 9 heteroatoms. The van der Waals surface area contributed by atoms with Crippen molar-refractivity contribution in [2.75, 3.05) is 20.1 Å². The number of amides is 3. The molecule has 166 valence electrons. The van der Waals surface area contributed by atoms with Crippen molar-refractivity contribution in [2.45, 2.75) is 45.2 Å². The highest BCUT2D eigenvalue weighted by atomic mass is 16.2. The summed E-state index contributed by atoms with van der Waals surface area (Å²) in [5, 5.41) is 13.7. The van der Waals surface area contributed by atoms with Crippen LogP contribution < -0.4 is 16.0 Å². The van der Waals surface area contributed by atoms with E-state index in [-0.39, 0.29) is 18.0 Å². The Morgan fingerprint density at radius 2 is 2.13 bits per heavy atom. The van der Waals surface area contributed by atoms with E-state index in [4.69, 9.17) is 0 Å². The van der Waals surface area contributed by atoms with Crippen LogP contribution in [0, 0.1) is 0 Å². The molecule has 0 radical (unpaired) electrons. The zero-order chi connectivity index (χ0) is 22.4. The van der Waals surface area contributed by atoms with Crippen molar-refractivity contribution < 1.29 is 9.59 Å². The van der Waals surface area contributed by atoms with Gasteiger partial charge in [-0.3, -0.25) is 14.7 Å². The predicted octanol–water partition coefficient (Wildman–Crippen LogP) is 2.21. The maximum atomic E-state index is 12.4. The summed E-state index contributed by atoms with van der Waals surface area (Å²) in [5.74, 6) is 0.501. The van der Waals surface area contributed by atoms with Crippen LogP contribution in [0.4, 0.5) is 4.79 Å². The largest absolute Gasteiger partial charge is 0.356 e. The molecule has 1 aromatic carbocycles. The number of hydrogen-bond acceptors (Lipinski definition) is 4. The molecule has 31 heavy (non-hydrogen) atoms. The highest BCUT2D eigenvalue weighted by Gasteiger charge is 2.45. The number of aromatic nitrogens is 2. The molecule has 2 unspecified atom stereocenters. The summed E-state index contributed by atoms with van der Waals surface area (Å²) in [4.78, 5) is 30.1. The molecule has 1 aliphatic heterocycles. The minimum atomic E-state index is -0.789. The molecule has 1 saturated heterocycles. The van der Waals surface area contributed by atoms with E-state index in [9.17, 15) is 9.59 Å². The molecule has 3 N–H and O–H groups in total. The van der Waals surface area contributed by atoms with Crippen LogP contribution in [0.25, 0.3) is 5.69 Å². The molecule has 2 heterocycles. The smallest absolute Gasteiger partial charge is 0.325 e. The predicted molar refractivity (Wildman–Crippen MR) is 120 cm³/mol. The zero-order valence-electron chi connectivity index (χ0n) is 18.6. The molecule has 1 aliphatic rings. The second kappa shape index (κ2) is 9.63. The summed E-state index contributed by atoms with van der Waals surface area (Å²) in [7, 11) is 1.71. The second-order valence-corrected chi connectivity index (χ2v) is 7.84. The van der Waals surface area contributed by atoms with E-state index in [1.165, 1.54) is 4.90 Å². The van der Waals surface area contributed by atoms with E-state index >= 15 is 0 Å². The quantitative estimate of drug-likeness (QED) is 0.260. The molecule has 0 spiro atoms. The van der Waals surface area contributed by atoms with Gasteiger partial charge in [0.1, 0.15) is 5.54 Å². The van der Waals surface area contributed by atoms with Crippen molar-refractivity contribution in [2.24, 2.45) is 4.99 Å². The number of carbonyl (C=O) groups excluding carboxylic acids is 2. The van der Waals surface area contributed by atoms with Crippen molar-refractivity contribution in [1.82, 2.24) is 30.6 Å². The van der Waals surface area contributed by atoms with Gasteiger partial charge in [0.05, 0.1) is 11.7 Å². The SMILES string of the molecule is CCC1(C)NC(=O)N(CCCNC(=NC)NC(C)c2cccc(-n3cccn3)c2)C1=O. The minimum absolute atomic E-state index is 0.0258. The molecule has 3 rings (SSSR count). The average molecular weight is 426 g/mol. The highest BCUT2D eigenvalue weighted by molar-refractivity contribution is 6.06. The average Bonchev–Trinajstić information content (AvgIpc) is 3.39. The molecule has 0 bridgehead atoms. The number of imide groups is 1. The fourth-order valence-electron chi connectivity index (χ4n) is 3.47. The van der Waals surface area contributed by atoms with E-state index in [1.54, 1.807) is 20.2 Å². The molecule has 1 fully saturated rings. The van der Waals surface area contributed by atoms with Crippen molar-refractivity contribution in [1.29, 1.82) is 0 Å². The monoisotopic (exact) mass is 425 g/mol. The van der Waals surface area contributed by atoms with E-state index < -0.39 is 5.54 Å². The highest BCUT2D eigenvalue weighted by Crippen LogP contribution is 2.20. The number of carbonyl (C=O) groups is 2. The Labute approximate surface area is 182 Å². The summed E-state index contributed by atoms with van der Waals surface area (Å²) >= 11 is 0. The molecule has 0 saturated carbocycles. The van der Waals surface area contributed by atoms with Crippen LogP contribution >= 0.6 is 0 Å². The van der Waals surface area contributed by atoms with Gasteiger partial charge in [-0.15, -0.1) is 0 Å². The van der Waals surface area contributed by atoms with Crippen molar-refractivity contribution in [3.63, 3.8) is 0 Å². The van der Waals surface area contributed by atoms with E-state index in [0.29, 0.717) is 31.9 Å². The molecule has 9 nitrogen and oxygen atoms in total. The van der Waals surface area contributed by atoms with Crippen LogP contribution in [0.2, 0.25) is 0 Å². The summed E-state index contributed by atoms with van der Waals surface area (Å²) in [6.07, 6.45) is 4.86. The van der Waals surface area contributed by atoms with Crippen LogP contribution in [0.15, 0.2) is 47.7 Å². The standard InChI is InChI=1S/C22H31N7O2/c1-5-22(3)19(30)28(21(31)27-22)13-7-11-24-20(23-4)26-16(2)17-9-6-10-18(15-17)29-14-8-12-25-29/h6,8-10,12,14-16H,5,7,11,13H2,1-4H3,(H,27,31)(H2,23,24,26). The lowest BCUT2D eigenvalue weighted by atomic mass is 9.99. The Kier molecular flexibility index (Phi) is 6.94. The Morgan fingerprint density at radius 1 is 1.32 bits per heavy atom. The molecule has 1 aromatic heterocycles. The fraction of sp³-hybridized carbons (Fsp3) is 0.455. The van der Waals surface area contributed by atoms with Gasteiger partial charge in [0, 0.05) is 32.5 Å². The fourth-order valence-corrected chi connectivity index (χ4v) is 3.47.